The number of hydrogen-bond donors (Lipinski definition) is 1. The fourth-order valence-electron chi connectivity index (χ4n) is 4.14. The predicted molar refractivity (Wildman–Crippen MR) is 121 cm³/mol. The quantitative estimate of drug-likeness (QED) is 0.641. The van der Waals surface area contributed by atoms with Gasteiger partial charge >= 0.3 is 0 Å². The Kier molecular flexibility index (Phi) is 5.68. The predicted octanol–water partition coefficient (Wildman–Crippen LogP) is 3.78. The van der Waals surface area contributed by atoms with Gasteiger partial charge in [-0.05, 0) is 37.8 Å². The zero-order valence-corrected chi connectivity index (χ0v) is 18.2. The normalized spacial score (nSPS) is 18.8. The van der Waals surface area contributed by atoms with E-state index in [1.54, 1.807) is 11.3 Å². The molecule has 3 heterocycles. The Hall–Kier alpha value is -2.80. The van der Waals surface area contributed by atoms with Crippen molar-refractivity contribution in [1.82, 2.24) is 20.2 Å². The van der Waals surface area contributed by atoms with Crippen molar-refractivity contribution in [1.29, 1.82) is 0 Å². The summed E-state index contributed by atoms with van der Waals surface area (Å²) in [6.07, 6.45) is 4.82. The minimum atomic E-state index is -0.00461. The van der Waals surface area contributed by atoms with Crippen LogP contribution in [0.1, 0.15) is 52.8 Å². The van der Waals surface area contributed by atoms with Gasteiger partial charge in [-0.25, -0.2) is 9.97 Å². The number of rotatable bonds is 6. The molecule has 1 aliphatic heterocycles. The van der Waals surface area contributed by atoms with Crippen LogP contribution >= 0.6 is 11.3 Å². The number of hydrogen-bond acceptors (Lipinski definition) is 5. The third-order valence-corrected chi connectivity index (χ3v) is 7.13. The SMILES string of the molecule is O=C(NCCc1csc(C2CCCN(C(=O)c3ccc4ccccc4n3)C2)n1)C1CC1. The highest BCUT2D eigenvalue weighted by molar-refractivity contribution is 7.09. The van der Waals surface area contributed by atoms with Crippen molar-refractivity contribution in [3.05, 3.63) is 58.2 Å². The topological polar surface area (TPSA) is 75.2 Å². The number of para-hydroxylation sites is 1. The number of carbonyl (C=O) groups is 2. The van der Waals surface area contributed by atoms with Crippen LogP contribution in [0.4, 0.5) is 0 Å². The van der Waals surface area contributed by atoms with Crippen LogP contribution in [0, 0.1) is 5.92 Å². The van der Waals surface area contributed by atoms with Gasteiger partial charge in [0.15, 0.2) is 0 Å². The molecule has 0 spiro atoms. The van der Waals surface area contributed by atoms with Gasteiger partial charge in [-0.2, -0.15) is 0 Å². The number of fused-ring (bicyclic) bond motifs is 1. The molecule has 2 amide bonds. The van der Waals surface area contributed by atoms with E-state index < -0.39 is 0 Å². The molecule has 2 aromatic heterocycles. The number of piperidine rings is 1. The molecule has 1 aliphatic carbocycles. The van der Waals surface area contributed by atoms with Crippen molar-refractivity contribution in [3.8, 4) is 0 Å². The van der Waals surface area contributed by atoms with Crippen molar-refractivity contribution in [2.24, 2.45) is 5.92 Å². The van der Waals surface area contributed by atoms with Crippen molar-refractivity contribution in [2.75, 3.05) is 19.6 Å². The Bertz CT molecular complexity index is 1110. The molecule has 0 bridgehead atoms. The second kappa shape index (κ2) is 8.75. The van der Waals surface area contributed by atoms with Gasteiger partial charge in [-0.15, -0.1) is 11.3 Å². The van der Waals surface area contributed by atoms with E-state index in [1.165, 1.54) is 0 Å². The zero-order chi connectivity index (χ0) is 21.2. The van der Waals surface area contributed by atoms with Crippen LogP contribution in [0.25, 0.3) is 10.9 Å². The summed E-state index contributed by atoms with van der Waals surface area (Å²) in [5.74, 6) is 0.681. The second-order valence-corrected chi connectivity index (χ2v) is 9.36. The highest BCUT2D eigenvalue weighted by Crippen LogP contribution is 2.30. The first kappa shape index (κ1) is 20.1. The molecule has 3 aromatic rings. The van der Waals surface area contributed by atoms with E-state index in [4.69, 9.17) is 4.98 Å². The summed E-state index contributed by atoms with van der Waals surface area (Å²) in [5, 5.41) is 7.22. The van der Waals surface area contributed by atoms with E-state index in [0.29, 0.717) is 18.8 Å². The lowest BCUT2D eigenvalue weighted by Gasteiger charge is -2.31. The Labute approximate surface area is 185 Å². The lowest BCUT2D eigenvalue weighted by molar-refractivity contribution is -0.122. The first-order chi connectivity index (χ1) is 15.2. The summed E-state index contributed by atoms with van der Waals surface area (Å²) in [6.45, 7) is 2.08. The van der Waals surface area contributed by atoms with Gasteiger partial charge in [-0.3, -0.25) is 9.59 Å². The highest BCUT2D eigenvalue weighted by Gasteiger charge is 2.30. The van der Waals surface area contributed by atoms with Crippen LogP contribution in [0.15, 0.2) is 41.8 Å². The number of likely N-dealkylation sites (tertiary alicyclic amines) is 1. The number of carbonyl (C=O) groups excluding carboxylic acids is 2. The summed E-state index contributed by atoms with van der Waals surface area (Å²) < 4.78 is 0. The number of pyridine rings is 1. The summed E-state index contributed by atoms with van der Waals surface area (Å²) >= 11 is 1.67. The summed E-state index contributed by atoms with van der Waals surface area (Å²) in [6, 6.07) is 11.7. The van der Waals surface area contributed by atoms with Crippen LogP contribution in [-0.2, 0) is 11.2 Å². The number of amides is 2. The first-order valence-electron chi connectivity index (χ1n) is 11.0. The van der Waals surface area contributed by atoms with E-state index in [2.05, 4.69) is 15.7 Å². The molecule has 6 nitrogen and oxygen atoms in total. The highest BCUT2D eigenvalue weighted by atomic mass is 32.1. The van der Waals surface area contributed by atoms with Gasteiger partial charge in [0.2, 0.25) is 5.91 Å². The molecule has 1 unspecified atom stereocenters. The van der Waals surface area contributed by atoms with Gasteiger partial charge in [0, 0.05) is 48.7 Å². The zero-order valence-electron chi connectivity index (χ0n) is 17.4. The summed E-state index contributed by atoms with van der Waals surface area (Å²) in [4.78, 5) is 36.2. The maximum absolute atomic E-state index is 13.1. The van der Waals surface area contributed by atoms with Crippen molar-refractivity contribution in [2.45, 2.75) is 38.0 Å². The van der Waals surface area contributed by atoms with Crippen LogP contribution in [0.3, 0.4) is 0 Å². The van der Waals surface area contributed by atoms with Crippen molar-refractivity contribution < 1.29 is 9.59 Å². The molecule has 5 rings (SSSR count). The fraction of sp³-hybridized carbons (Fsp3) is 0.417. The van der Waals surface area contributed by atoms with Crippen LogP contribution in [-0.4, -0.2) is 46.3 Å². The standard InChI is InChI=1S/C24H26N4O2S/c29-22(17-7-8-17)25-12-11-19-15-31-23(26-19)18-5-3-13-28(14-18)24(30)21-10-9-16-4-1-2-6-20(16)27-21/h1-2,4,6,9-10,15,17-18H,3,5,7-8,11-14H2,(H,25,29). The van der Waals surface area contributed by atoms with E-state index in [-0.39, 0.29) is 23.7 Å². The molecule has 31 heavy (non-hydrogen) atoms. The van der Waals surface area contributed by atoms with E-state index in [9.17, 15) is 9.59 Å². The Morgan fingerprint density at radius 1 is 1.10 bits per heavy atom. The molecule has 160 valence electrons. The van der Waals surface area contributed by atoms with Gasteiger partial charge in [0.1, 0.15) is 5.69 Å². The van der Waals surface area contributed by atoms with E-state index in [0.717, 1.165) is 60.3 Å². The van der Waals surface area contributed by atoms with Crippen LogP contribution < -0.4 is 5.32 Å². The largest absolute Gasteiger partial charge is 0.355 e. The maximum Gasteiger partial charge on any atom is 0.272 e. The average Bonchev–Trinajstić information content (AvgIpc) is 3.57. The third-order valence-electron chi connectivity index (χ3n) is 6.07. The summed E-state index contributed by atoms with van der Waals surface area (Å²) in [5.41, 5.74) is 2.38. The van der Waals surface area contributed by atoms with Crippen molar-refractivity contribution >= 4 is 34.1 Å². The van der Waals surface area contributed by atoms with Crippen LogP contribution in [0.2, 0.25) is 0 Å². The van der Waals surface area contributed by atoms with E-state index in [1.807, 2.05) is 41.3 Å². The molecule has 1 saturated heterocycles. The average molecular weight is 435 g/mol. The number of aromatic nitrogens is 2. The van der Waals surface area contributed by atoms with Gasteiger partial charge in [-0.1, -0.05) is 24.3 Å². The van der Waals surface area contributed by atoms with Gasteiger partial charge < -0.3 is 10.2 Å². The first-order valence-corrected chi connectivity index (χ1v) is 11.9. The van der Waals surface area contributed by atoms with Gasteiger partial charge in [0.05, 0.1) is 16.2 Å². The molecule has 1 N–H and O–H groups in total. The monoisotopic (exact) mass is 434 g/mol. The summed E-state index contributed by atoms with van der Waals surface area (Å²) in [7, 11) is 0. The van der Waals surface area contributed by atoms with E-state index >= 15 is 0 Å². The Morgan fingerprint density at radius 3 is 2.84 bits per heavy atom. The molecular formula is C24H26N4O2S. The van der Waals surface area contributed by atoms with Crippen LogP contribution in [0.5, 0.6) is 0 Å². The molecule has 0 radical (unpaired) electrons. The molecule has 2 fully saturated rings. The second-order valence-electron chi connectivity index (χ2n) is 8.47. The molecule has 1 aromatic carbocycles. The molecule has 1 atom stereocenters. The Morgan fingerprint density at radius 2 is 1.97 bits per heavy atom. The number of nitrogens with zero attached hydrogens (tertiary/aromatic N) is 3. The van der Waals surface area contributed by atoms with Gasteiger partial charge in [0.25, 0.3) is 5.91 Å². The minimum absolute atomic E-state index is 0.00461. The van der Waals surface area contributed by atoms with Crippen molar-refractivity contribution in [3.63, 3.8) is 0 Å². The number of nitrogens with one attached hydrogen (secondary N) is 1. The lowest BCUT2D eigenvalue weighted by Crippen LogP contribution is -2.39. The Balaban J connectivity index is 1.21. The number of thiazole rings is 1. The fourth-order valence-corrected chi connectivity index (χ4v) is 5.12. The lowest BCUT2D eigenvalue weighted by atomic mass is 9.98. The molecule has 1 saturated carbocycles. The molecule has 7 heteroatoms. The molecular weight excluding hydrogens is 408 g/mol. The minimum Gasteiger partial charge on any atom is -0.355 e. The smallest absolute Gasteiger partial charge is 0.272 e. The molecule has 2 aliphatic rings. The number of benzene rings is 1. The third kappa shape index (κ3) is 4.61. The maximum atomic E-state index is 13.1.